The molecule has 0 saturated heterocycles. The zero-order valence-corrected chi connectivity index (χ0v) is 20.0. The summed E-state index contributed by atoms with van der Waals surface area (Å²) in [5.74, 6) is 0.397. The number of hydrogen-bond donors (Lipinski definition) is 1. The maximum atomic E-state index is 12.3. The maximum absolute atomic E-state index is 12.3. The van der Waals surface area contributed by atoms with Crippen LogP contribution in [0.5, 0.6) is 11.5 Å². The highest BCUT2D eigenvalue weighted by molar-refractivity contribution is 9.10. The number of rotatable bonds is 8. The van der Waals surface area contributed by atoms with Gasteiger partial charge in [0, 0.05) is 22.3 Å². The number of aryl methyl sites for hydroxylation is 1. The number of hydrogen-bond acceptors (Lipinski definition) is 6. The number of nitrogens with one attached hydrogen (secondary N) is 1. The molecule has 0 aromatic heterocycles. The van der Waals surface area contributed by atoms with Gasteiger partial charge in [-0.2, -0.15) is 5.26 Å². The summed E-state index contributed by atoms with van der Waals surface area (Å²) in [5, 5.41) is 23.2. The Balaban J connectivity index is 1.78. The Hall–Kier alpha value is -4.16. The molecule has 0 fully saturated rings. The van der Waals surface area contributed by atoms with Crippen LogP contribution in [0, 0.1) is 28.4 Å². The second kappa shape index (κ2) is 11.1. The first kappa shape index (κ1) is 24.5. The number of anilines is 1. The summed E-state index contributed by atoms with van der Waals surface area (Å²) in [6.07, 6.45) is 1.63. The summed E-state index contributed by atoms with van der Waals surface area (Å²) < 4.78 is 11.7. The molecular formula is C25H20BrN3O5. The van der Waals surface area contributed by atoms with Gasteiger partial charge in [-0.1, -0.05) is 33.6 Å². The van der Waals surface area contributed by atoms with Crippen LogP contribution < -0.4 is 14.8 Å². The fourth-order valence-electron chi connectivity index (χ4n) is 3.01. The van der Waals surface area contributed by atoms with Gasteiger partial charge in [-0.25, -0.2) is 0 Å². The average molecular weight is 522 g/mol. The van der Waals surface area contributed by atoms with E-state index in [2.05, 4.69) is 27.3 Å². The summed E-state index contributed by atoms with van der Waals surface area (Å²) in [4.78, 5) is 22.6. The van der Waals surface area contributed by atoms with Gasteiger partial charge in [-0.05, 0) is 60.5 Å². The number of halogens is 1. The number of allylic oxidation sites excluding steroid dienone is 1. The third-order valence-electron chi connectivity index (χ3n) is 4.79. The highest BCUT2D eigenvalue weighted by Gasteiger charge is 2.13. The van der Waals surface area contributed by atoms with E-state index in [0.717, 1.165) is 5.56 Å². The number of nitrogens with zero attached hydrogens (tertiary/aromatic N) is 2. The molecule has 8 nitrogen and oxygen atoms in total. The molecule has 0 aliphatic rings. The molecule has 0 atom stereocenters. The number of non-ortho nitro benzene ring substituents is 1. The quantitative estimate of drug-likeness (QED) is 0.174. The SMILES string of the molecule is COc1cc(/C=C(/C#N)c2ccc([N+](=O)[O-])cc2)c(Br)cc1OCC(=O)Nc1ccc(C)cc1. The van der Waals surface area contributed by atoms with Crippen LogP contribution in [0.2, 0.25) is 0 Å². The summed E-state index contributed by atoms with van der Waals surface area (Å²) >= 11 is 3.46. The van der Waals surface area contributed by atoms with Crippen LogP contribution in [0.25, 0.3) is 11.6 Å². The first-order valence-corrected chi connectivity index (χ1v) is 10.8. The number of amides is 1. The Kier molecular flexibility index (Phi) is 8.01. The minimum absolute atomic E-state index is 0.0585. The van der Waals surface area contributed by atoms with E-state index in [0.29, 0.717) is 38.4 Å². The highest BCUT2D eigenvalue weighted by atomic mass is 79.9. The molecule has 3 aromatic rings. The van der Waals surface area contributed by atoms with E-state index in [9.17, 15) is 20.2 Å². The van der Waals surface area contributed by atoms with Crippen molar-refractivity contribution in [1.29, 1.82) is 5.26 Å². The molecule has 3 rings (SSSR count). The van der Waals surface area contributed by atoms with E-state index < -0.39 is 4.92 Å². The second-order valence-corrected chi connectivity index (χ2v) is 8.06. The molecule has 0 spiro atoms. The Morgan fingerprint density at radius 3 is 2.41 bits per heavy atom. The minimum atomic E-state index is -0.499. The predicted molar refractivity (Wildman–Crippen MR) is 133 cm³/mol. The molecule has 0 heterocycles. The maximum Gasteiger partial charge on any atom is 0.269 e. The number of carbonyl (C=O) groups is 1. The Morgan fingerprint density at radius 1 is 1.15 bits per heavy atom. The van der Waals surface area contributed by atoms with Crippen LogP contribution in [0.15, 0.2) is 65.1 Å². The lowest BCUT2D eigenvalue weighted by Gasteiger charge is -2.13. The molecule has 0 saturated carbocycles. The molecule has 0 aliphatic carbocycles. The summed E-state index contributed by atoms with van der Waals surface area (Å²) in [6, 6.07) is 18.6. The van der Waals surface area contributed by atoms with E-state index in [1.165, 1.54) is 31.4 Å². The van der Waals surface area contributed by atoms with E-state index in [-0.39, 0.29) is 18.2 Å². The number of benzene rings is 3. The molecule has 172 valence electrons. The molecule has 0 aliphatic heterocycles. The van der Waals surface area contributed by atoms with Gasteiger partial charge < -0.3 is 14.8 Å². The van der Waals surface area contributed by atoms with Crippen LogP contribution in [-0.2, 0) is 4.79 Å². The summed E-state index contributed by atoms with van der Waals surface area (Å²) in [6.45, 7) is 1.74. The van der Waals surface area contributed by atoms with Gasteiger partial charge in [0.1, 0.15) is 0 Å². The van der Waals surface area contributed by atoms with Crippen molar-refractivity contribution in [1.82, 2.24) is 0 Å². The normalized spacial score (nSPS) is 10.8. The van der Waals surface area contributed by atoms with Gasteiger partial charge in [0.05, 0.1) is 23.7 Å². The summed E-state index contributed by atoms with van der Waals surface area (Å²) in [5.41, 5.74) is 3.17. The first-order valence-electron chi connectivity index (χ1n) is 10.0. The standard InChI is InChI=1S/C25H20BrN3O5/c1-16-3-7-20(8-4-16)28-25(30)15-34-24-13-22(26)18(12-23(24)33-2)11-19(14-27)17-5-9-21(10-6-17)29(31)32/h3-13H,15H2,1-2H3,(H,28,30)/b19-11-. The monoisotopic (exact) mass is 521 g/mol. The molecule has 0 unspecified atom stereocenters. The number of nitro benzene ring substituents is 1. The fraction of sp³-hybridized carbons (Fsp3) is 0.120. The van der Waals surface area contributed by atoms with Crippen LogP contribution in [0.1, 0.15) is 16.7 Å². The van der Waals surface area contributed by atoms with Crippen molar-refractivity contribution in [3.05, 3.63) is 91.9 Å². The highest BCUT2D eigenvalue weighted by Crippen LogP contribution is 2.35. The molecular weight excluding hydrogens is 502 g/mol. The third-order valence-corrected chi connectivity index (χ3v) is 5.47. The van der Waals surface area contributed by atoms with Crippen LogP contribution in [-0.4, -0.2) is 24.5 Å². The smallest absolute Gasteiger partial charge is 0.269 e. The molecule has 3 aromatic carbocycles. The van der Waals surface area contributed by atoms with E-state index in [1.807, 2.05) is 31.2 Å². The van der Waals surface area contributed by atoms with Crippen molar-refractivity contribution >= 4 is 44.9 Å². The van der Waals surface area contributed by atoms with Crippen molar-refractivity contribution in [2.75, 3.05) is 19.0 Å². The van der Waals surface area contributed by atoms with Gasteiger partial charge in [-0.15, -0.1) is 0 Å². The topological polar surface area (TPSA) is 114 Å². The molecule has 9 heteroatoms. The largest absolute Gasteiger partial charge is 0.493 e. The Morgan fingerprint density at radius 2 is 1.82 bits per heavy atom. The molecule has 1 N–H and O–H groups in total. The zero-order chi connectivity index (χ0) is 24.7. The van der Waals surface area contributed by atoms with E-state index in [4.69, 9.17) is 9.47 Å². The van der Waals surface area contributed by atoms with Crippen molar-refractivity contribution in [2.45, 2.75) is 6.92 Å². The first-order chi connectivity index (χ1) is 16.3. The van der Waals surface area contributed by atoms with Gasteiger partial charge in [0.25, 0.3) is 11.6 Å². The molecule has 34 heavy (non-hydrogen) atoms. The predicted octanol–water partition coefficient (Wildman–Crippen LogP) is 5.76. The van der Waals surface area contributed by atoms with Crippen molar-refractivity contribution in [3.63, 3.8) is 0 Å². The van der Waals surface area contributed by atoms with Crippen molar-refractivity contribution < 1.29 is 19.2 Å². The zero-order valence-electron chi connectivity index (χ0n) is 18.4. The van der Waals surface area contributed by atoms with E-state index >= 15 is 0 Å². The van der Waals surface area contributed by atoms with Crippen molar-refractivity contribution in [3.8, 4) is 17.6 Å². The third kappa shape index (κ3) is 6.21. The van der Waals surface area contributed by atoms with Gasteiger partial charge in [0.15, 0.2) is 18.1 Å². The second-order valence-electron chi connectivity index (χ2n) is 7.20. The summed E-state index contributed by atoms with van der Waals surface area (Å²) in [7, 11) is 1.47. The van der Waals surface area contributed by atoms with Crippen LogP contribution >= 0.6 is 15.9 Å². The van der Waals surface area contributed by atoms with E-state index in [1.54, 1.807) is 18.2 Å². The number of carbonyl (C=O) groups excluding carboxylic acids is 1. The van der Waals surface area contributed by atoms with Crippen LogP contribution in [0.4, 0.5) is 11.4 Å². The average Bonchev–Trinajstić information content (AvgIpc) is 2.83. The molecule has 1 amide bonds. The molecule has 0 bridgehead atoms. The lowest BCUT2D eigenvalue weighted by atomic mass is 10.0. The number of methoxy groups -OCH3 is 1. The Bertz CT molecular complexity index is 1280. The molecule has 0 radical (unpaired) electrons. The van der Waals surface area contributed by atoms with Crippen molar-refractivity contribution in [2.24, 2.45) is 0 Å². The van der Waals surface area contributed by atoms with Crippen LogP contribution in [0.3, 0.4) is 0 Å². The minimum Gasteiger partial charge on any atom is -0.493 e. The number of ether oxygens (including phenoxy) is 2. The van der Waals surface area contributed by atoms with Gasteiger partial charge >= 0.3 is 0 Å². The van der Waals surface area contributed by atoms with Gasteiger partial charge in [0.2, 0.25) is 0 Å². The lowest BCUT2D eigenvalue weighted by molar-refractivity contribution is -0.384. The number of nitriles is 1. The van der Waals surface area contributed by atoms with Gasteiger partial charge in [-0.3, -0.25) is 14.9 Å². The number of nitro groups is 1. The fourth-order valence-corrected chi connectivity index (χ4v) is 3.45. The Labute approximate surface area is 204 Å². The lowest BCUT2D eigenvalue weighted by Crippen LogP contribution is -2.20.